The van der Waals surface area contributed by atoms with Gasteiger partial charge in [-0.25, -0.2) is 4.98 Å². The number of rotatable bonds is 6. The zero-order valence-corrected chi connectivity index (χ0v) is 18.0. The number of carbonyl (C=O) groups excluding carboxylic acids is 1. The molecule has 168 valence electrons. The van der Waals surface area contributed by atoms with Crippen LogP contribution in [-0.4, -0.2) is 30.6 Å². The number of amides is 1. The summed E-state index contributed by atoms with van der Waals surface area (Å²) in [6.07, 6.45) is 1.48. The van der Waals surface area contributed by atoms with Crippen molar-refractivity contribution in [2.45, 2.75) is 26.7 Å². The molecule has 3 heterocycles. The number of hydrogen-bond donors (Lipinski definition) is 2. The Hall–Kier alpha value is -4.54. The van der Waals surface area contributed by atoms with E-state index in [0.29, 0.717) is 22.7 Å². The van der Waals surface area contributed by atoms with Crippen LogP contribution < -0.4 is 10.9 Å². The van der Waals surface area contributed by atoms with Crippen LogP contribution in [0.3, 0.4) is 0 Å². The monoisotopic (exact) mass is 448 g/mol. The number of H-pyrrole nitrogens is 1. The van der Waals surface area contributed by atoms with E-state index >= 15 is 0 Å². The second kappa shape index (κ2) is 8.54. The third-order valence-electron chi connectivity index (χ3n) is 4.93. The molecule has 0 fully saturated rings. The molecule has 0 aliphatic heterocycles. The van der Waals surface area contributed by atoms with E-state index in [9.17, 15) is 19.7 Å². The van der Waals surface area contributed by atoms with Gasteiger partial charge in [-0.15, -0.1) is 0 Å². The van der Waals surface area contributed by atoms with Gasteiger partial charge in [0.15, 0.2) is 5.76 Å². The second-order valence-electron chi connectivity index (χ2n) is 7.66. The van der Waals surface area contributed by atoms with Crippen LogP contribution in [0.25, 0.3) is 17.4 Å². The summed E-state index contributed by atoms with van der Waals surface area (Å²) in [5.41, 5.74) is 0.942. The number of nitrogens with zero attached hydrogens (tertiary/aromatic N) is 4. The van der Waals surface area contributed by atoms with Crippen LogP contribution in [0.4, 0.5) is 11.5 Å². The topological polar surface area (TPSA) is 149 Å². The molecule has 0 saturated carbocycles. The molecule has 11 nitrogen and oxygen atoms in total. The summed E-state index contributed by atoms with van der Waals surface area (Å²) in [4.78, 5) is 42.9. The molecule has 0 bridgehead atoms. The molecule has 0 saturated heterocycles. The van der Waals surface area contributed by atoms with Crippen LogP contribution >= 0.6 is 0 Å². The molecule has 3 aromatic heterocycles. The number of aromatic nitrogens is 4. The van der Waals surface area contributed by atoms with Crippen molar-refractivity contribution in [1.82, 2.24) is 19.7 Å². The van der Waals surface area contributed by atoms with Crippen LogP contribution in [0.15, 0.2) is 57.9 Å². The van der Waals surface area contributed by atoms with E-state index in [-0.39, 0.29) is 34.5 Å². The van der Waals surface area contributed by atoms with Crippen molar-refractivity contribution >= 4 is 17.4 Å². The van der Waals surface area contributed by atoms with Crippen LogP contribution in [0, 0.1) is 17.0 Å². The fourth-order valence-corrected chi connectivity index (χ4v) is 3.17. The van der Waals surface area contributed by atoms with Crippen LogP contribution in [0.1, 0.15) is 41.4 Å². The molecule has 0 radical (unpaired) electrons. The molecule has 0 aliphatic rings. The lowest BCUT2D eigenvalue weighted by Gasteiger charge is -2.10. The molecule has 0 unspecified atom stereocenters. The highest BCUT2D eigenvalue weighted by atomic mass is 16.6. The highest BCUT2D eigenvalue weighted by Gasteiger charge is 2.20. The van der Waals surface area contributed by atoms with E-state index in [1.165, 1.54) is 35.2 Å². The van der Waals surface area contributed by atoms with Crippen LogP contribution in [-0.2, 0) is 0 Å². The molecular weight excluding hydrogens is 428 g/mol. The maximum Gasteiger partial charge on any atom is 0.273 e. The normalized spacial score (nSPS) is 11.0. The fraction of sp³-hybridized carbons (Fsp3) is 0.182. The number of aryl methyl sites for hydroxylation is 1. The van der Waals surface area contributed by atoms with Gasteiger partial charge < -0.3 is 9.73 Å². The number of furan rings is 1. The minimum atomic E-state index is -0.590. The molecule has 1 aromatic carbocycles. The average molecular weight is 448 g/mol. The molecule has 0 aliphatic carbocycles. The smallest absolute Gasteiger partial charge is 0.273 e. The maximum absolute atomic E-state index is 12.9. The number of nitrogens with one attached hydrogen (secondary N) is 2. The van der Waals surface area contributed by atoms with Gasteiger partial charge in [0.2, 0.25) is 5.95 Å². The Morgan fingerprint density at radius 2 is 2.03 bits per heavy atom. The Labute approximate surface area is 187 Å². The standard InChI is InChI=1S/C22H20N6O5/c1-12(2)15-11-20(29)25-22(23-15)27-19(10-16(26-27)18-5-4-8-33-18)24-21(30)14-7-6-13(3)17(9-14)28(31)32/h4-12H,1-3H3,(H,24,30)(H,23,25,29). The Balaban J connectivity index is 1.78. The number of hydrogen-bond acceptors (Lipinski definition) is 7. The van der Waals surface area contributed by atoms with Crippen molar-refractivity contribution in [3.8, 4) is 17.4 Å². The van der Waals surface area contributed by atoms with Gasteiger partial charge in [-0.3, -0.25) is 24.7 Å². The summed E-state index contributed by atoms with van der Waals surface area (Å²) in [6, 6.07) is 10.5. The zero-order chi connectivity index (χ0) is 23.7. The minimum absolute atomic E-state index is 0.0164. The first-order chi connectivity index (χ1) is 15.7. The SMILES string of the molecule is Cc1ccc(C(=O)Nc2cc(-c3ccco3)nn2-c2nc(C(C)C)cc(=O)[nH]2)cc1[N+](=O)[O-]. The predicted molar refractivity (Wildman–Crippen MR) is 120 cm³/mol. The zero-order valence-electron chi connectivity index (χ0n) is 18.0. The average Bonchev–Trinajstić information content (AvgIpc) is 3.43. The molecule has 4 rings (SSSR count). The van der Waals surface area contributed by atoms with Crippen molar-refractivity contribution in [1.29, 1.82) is 0 Å². The molecular formula is C22H20N6O5. The van der Waals surface area contributed by atoms with Gasteiger partial charge in [0, 0.05) is 29.3 Å². The number of anilines is 1. The van der Waals surface area contributed by atoms with E-state index in [4.69, 9.17) is 4.42 Å². The van der Waals surface area contributed by atoms with Gasteiger partial charge in [0.25, 0.3) is 17.2 Å². The Morgan fingerprint density at radius 1 is 1.24 bits per heavy atom. The van der Waals surface area contributed by atoms with Gasteiger partial charge >= 0.3 is 0 Å². The molecule has 4 aromatic rings. The summed E-state index contributed by atoms with van der Waals surface area (Å²) in [7, 11) is 0. The highest BCUT2D eigenvalue weighted by molar-refractivity contribution is 6.04. The molecule has 1 amide bonds. The molecule has 33 heavy (non-hydrogen) atoms. The third-order valence-corrected chi connectivity index (χ3v) is 4.93. The van der Waals surface area contributed by atoms with E-state index in [0.717, 1.165) is 0 Å². The van der Waals surface area contributed by atoms with E-state index in [2.05, 4.69) is 20.4 Å². The summed E-state index contributed by atoms with van der Waals surface area (Å²) in [5, 5.41) is 18.4. The van der Waals surface area contributed by atoms with Gasteiger partial charge in [0.1, 0.15) is 11.5 Å². The first-order valence-electron chi connectivity index (χ1n) is 10.0. The highest BCUT2D eigenvalue weighted by Crippen LogP contribution is 2.26. The van der Waals surface area contributed by atoms with Crippen molar-refractivity contribution in [2.75, 3.05) is 5.32 Å². The number of benzene rings is 1. The third kappa shape index (κ3) is 4.42. The van der Waals surface area contributed by atoms with Crippen molar-refractivity contribution in [3.63, 3.8) is 0 Å². The lowest BCUT2D eigenvalue weighted by Crippen LogP contribution is -2.19. The van der Waals surface area contributed by atoms with Gasteiger partial charge in [0.05, 0.1) is 16.9 Å². The van der Waals surface area contributed by atoms with Gasteiger partial charge in [-0.05, 0) is 31.0 Å². The maximum atomic E-state index is 12.9. The van der Waals surface area contributed by atoms with Gasteiger partial charge in [-0.2, -0.15) is 9.78 Å². The van der Waals surface area contributed by atoms with E-state index in [1.807, 2.05) is 13.8 Å². The molecule has 0 atom stereocenters. The summed E-state index contributed by atoms with van der Waals surface area (Å²) < 4.78 is 6.68. The summed E-state index contributed by atoms with van der Waals surface area (Å²) in [6.45, 7) is 5.39. The van der Waals surface area contributed by atoms with Crippen molar-refractivity contribution < 1.29 is 14.1 Å². The number of aromatic amines is 1. The fourth-order valence-electron chi connectivity index (χ4n) is 3.17. The predicted octanol–water partition coefficient (Wildman–Crippen LogP) is 3.81. The quantitative estimate of drug-likeness (QED) is 0.336. The van der Waals surface area contributed by atoms with E-state index < -0.39 is 10.8 Å². The second-order valence-corrected chi connectivity index (χ2v) is 7.66. The molecule has 11 heteroatoms. The lowest BCUT2D eigenvalue weighted by molar-refractivity contribution is -0.385. The number of carbonyl (C=O) groups is 1. The van der Waals surface area contributed by atoms with E-state index in [1.54, 1.807) is 25.1 Å². The molecule has 0 spiro atoms. The van der Waals surface area contributed by atoms with Crippen molar-refractivity contribution in [2.24, 2.45) is 0 Å². The first kappa shape index (κ1) is 21.7. The van der Waals surface area contributed by atoms with Crippen molar-refractivity contribution in [3.05, 3.63) is 86.0 Å². The largest absolute Gasteiger partial charge is 0.463 e. The lowest BCUT2D eigenvalue weighted by atomic mass is 10.1. The number of nitro benzene ring substituents is 1. The summed E-state index contributed by atoms with van der Waals surface area (Å²) >= 11 is 0. The summed E-state index contributed by atoms with van der Waals surface area (Å²) in [5.74, 6) is 0.135. The van der Waals surface area contributed by atoms with Crippen LogP contribution in [0.2, 0.25) is 0 Å². The minimum Gasteiger partial charge on any atom is -0.463 e. The van der Waals surface area contributed by atoms with Crippen LogP contribution in [0.5, 0.6) is 0 Å². The van der Waals surface area contributed by atoms with Gasteiger partial charge in [-0.1, -0.05) is 19.9 Å². The Morgan fingerprint density at radius 3 is 2.70 bits per heavy atom. The Bertz CT molecular complexity index is 1400. The molecule has 2 N–H and O–H groups in total. The first-order valence-corrected chi connectivity index (χ1v) is 10.0. The number of nitro groups is 1. The Kier molecular flexibility index (Phi) is 5.61.